The Labute approximate surface area is 151 Å². The normalized spacial score (nSPS) is 10.7. The van der Waals surface area contributed by atoms with E-state index in [4.69, 9.17) is 9.47 Å². The zero-order valence-electron chi connectivity index (χ0n) is 13.0. The molecule has 2 aromatic rings. The molecule has 24 heavy (non-hydrogen) atoms. The highest BCUT2D eigenvalue weighted by molar-refractivity contribution is 9.10. The molecule has 0 spiro atoms. The number of benzene rings is 1. The van der Waals surface area contributed by atoms with E-state index in [-0.39, 0.29) is 18.4 Å². The van der Waals surface area contributed by atoms with Gasteiger partial charge in [0.15, 0.2) is 0 Å². The van der Waals surface area contributed by atoms with E-state index >= 15 is 0 Å². The molecule has 0 bridgehead atoms. The number of esters is 2. The summed E-state index contributed by atoms with van der Waals surface area (Å²) < 4.78 is 12.2. The molecule has 10 heteroatoms. The van der Waals surface area contributed by atoms with Crippen molar-refractivity contribution in [2.45, 2.75) is 24.3 Å². The fraction of sp³-hybridized carbons (Fsp3) is 0.357. The molecule has 0 unspecified atom stereocenters. The number of hydrogen-bond donors (Lipinski definition) is 0. The van der Waals surface area contributed by atoms with Crippen LogP contribution in [-0.4, -0.2) is 50.6 Å². The van der Waals surface area contributed by atoms with Gasteiger partial charge < -0.3 is 9.47 Å². The van der Waals surface area contributed by atoms with Crippen LogP contribution >= 0.6 is 27.7 Å². The number of rotatable bonds is 7. The minimum absolute atomic E-state index is 0.160. The van der Waals surface area contributed by atoms with Gasteiger partial charge >= 0.3 is 11.9 Å². The van der Waals surface area contributed by atoms with E-state index < -0.39 is 17.2 Å². The summed E-state index contributed by atoms with van der Waals surface area (Å²) in [6.45, 7) is 3.65. The Morgan fingerprint density at radius 3 is 2.29 bits per heavy atom. The number of halogens is 1. The van der Waals surface area contributed by atoms with Gasteiger partial charge in [-0.25, -0.2) is 0 Å². The second-order valence-corrected chi connectivity index (χ2v) is 6.34. The maximum atomic E-state index is 12.1. The standard InChI is InChI=1S/C14H15BrN4O4S/c1-3-22-12(20)11(13(21)23-4-2)24-14-16-17-18-19(14)10-7-5-9(15)6-8-10/h5-8,11H,3-4H2,1-2H3. The van der Waals surface area contributed by atoms with Crippen LogP contribution in [-0.2, 0) is 19.1 Å². The number of aromatic nitrogens is 4. The molecule has 0 aliphatic carbocycles. The molecule has 1 aromatic carbocycles. The second-order valence-electron chi connectivity index (χ2n) is 4.35. The zero-order valence-corrected chi connectivity index (χ0v) is 15.4. The predicted molar refractivity (Wildman–Crippen MR) is 89.8 cm³/mol. The molecule has 8 nitrogen and oxygen atoms in total. The van der Waals surface area contributed by atoms with Crippen molar-refractivity contribution < 1.29 is 19.1 Å². The largest absolute Gasteiger partial charge is 0.465 e. The highest BCUT2D eigenvalue weighted by atomic mass is 79.9. The van der Waals surface area contributed by atoms with Gasteiger partial charge in [-0.1, -0.05) is 27.7 Å². The van der Waals surface area contributed by atoms with E-state index in [0.29, 0.717) is 5.69 Å². The van der Waals surface area contributed by atoms with E-state index in [1.165, 1.54) is 4.68 Å². The molecule has 128 valence electrons. The van der Waals surface area contributed by atoms with Crippen LogP contribution < -0.4 is 0 Å². The molecular formula is C14H15BrN4O4S. The van der Waals surface area contributed by atoms with Crippen LogP contribution in [0.2, 0.25) is 0 Å². The summed E-state index contributed by atoms with van der Waals surface area (Å²) in [7, 11) is 0. The van der Waals surface area contributed by atoms with Gasteiger partial charge in [-0.2, -0.15) is 4.68 Å². The molecule has 2 rings (SSSR count). The van der Waals surface area contributed by atoms with E-state index in [1.807, 2.05) is 12.1 Å². The Kier molecular flexibility index (Phi) is 6.73. The van der Waals surface area contributed by atoms with Crippen molar-refractivity contribution in [3.63, 3.8) is 0 Å². The van der Waals surface area contributed by atoms with Crippen molar-refractivity contribution in [3.05, 3.63) is 28.7 Å². The monoisotopic (exact) mass is 414 g/mol. The van der Waals surface area contributed by atoms with Crippen molar-refractivity contribution in [3.8, 4) is 5.69 Å². The van der Waals surface area contributed by atoms with Crippen molar-refractivity contribution in [1.29, 1.82) is 0 Å². The first kappa shape index (κ1) is 18.4. The van der Waals surface area contributed by atoms with Gasteiger partial charge in [-0.3, -0.25) is 9.59 Å². The van der Waals surface area contributed by atoms with Crippen LogP contribution in [0.3, 0.4) is 0 Å². The molecule has 1 aromatic heterocycles. The maximum absolute atomic E-state index is 12.1. The van der Waals surface area contributed by atoms with Gasteiger partial charge in [-0.15, -0.1) is 5.10 Å². The van der Waals surface area contributed by atoms with Gasteiger partial charge in [0.2, 0.25) is 10.4 Å². The predicted octanol–water partition coefficient (Wildman–Crippen LogP) is 2.01. The molecule has 0 N–H and O–H groups in total. The summed E-state index contributed by atoms with van der Waals surface area (Å²) in [6.07, 6.45) is 0. The number of carbonyl (C=O) groups is 2. The lowest BCUT2D eigenvalue weighted by atomic mass is 10.3. The van der Waals surface area contributed by atoms with E-state index in [9.17, 15) is 9.59 Å². The topological polar surface area (TPSA) is 96.2 Å². The quantitative estimate of drug-likeness (QED) is 0.385. The molecule has 1 heterocycles. The van der Waals surface area contributed by atoms with Crippen LogP contribution in [0.4, 0.5) is 0 Å². The van der Waals surface area contributed by atoms with Crippen LogP contribution in [0.5, 0.6) is 0 Å². The molecule has 0 atom stereocenters. The Morgan fingerprint density at radius 2 is 1.75 bits per heavy atom. The summed E-state index contributed by atoms with van der Waals surface area (Å²) in [4.78, 5) is 24.1. The summed E-state index contributed by atoms with van der Waals surface area (Å²) >= 11 is 4.23. The number of hydrogen-bond acceptors (Lipinski definition) is 8. The summed E-state index contributed by atoms with van der Waals surface area (Å²) in [5, 5.41) is 10.5. The lowest BCUT2D eigenvalue weighted by Crippen LogP contribution is -2.31. The fourth-order valence-electron chi connectivity index (χ4n) is 1.73. The van der Waals surface area contributed by atoms with E-state index in [1.54, 1.807) is 26.0 Å². The van der Waals surface area contributed by atoms with Crippen molar-refractivity contribution >= 4 is 39.6 Å². The average molecular weight is 415 g/mol. The van der Waals surface area contributed by atoms with Crippen molar-refractivity contribution in [1.82, 2.24) is 20.2 Å². The lowest BCUT2D eigenvalue weighted by molar-refractivity contribution is -0.152. The minimum atomic E-state index is -1.19. The van der Waals surface area contributed by atoms with Gasteiger partial charge in [0.1, 0.15) is 0 Å². The van der Waals surface area contributed by atoms with E-state index in [2.05, 4.69) is 31.5 Å². The highest BCUT2D eigenvalue weighted by Gasteiger charge is 2.33. The molecule has 0 amide bonds. The molecule has 0 aliphatic rings. The molecule has 0 fully saturated rings. The number of tetrazole rings is 1. The molecular weight excluding hydrogens is 400 g/mol. The Balaban J connectivity index is 2.26. The smallest absolute Gasteiger partial charge is 0.331 e. The number of thioether (sulfide) groups is 1. The van der Waals surface area contributed by atoms with Gasteiger partial charge in [0.25, 0.3) is 0 Å². The van der Waals surface area contributed by atoms with Crippen LogP contribution in [0.1, 0.15) is 13.8 Å². The van der Waals surface area contributed by atoms with Crippen molar-refractivity contribution in [2.75, 3.05) is 13.2 Å². The maximum Gasteiger partial charge on any atom is 0.331 e. The summed E-state index contributed by atoms with van der Waals surface area (Å²) in [6, 6.07) is 7.27. The SMILES string of the molecule is CCOC(=O)C(Sc1nnnn1-c1ccc(Br)cc1)C(=O)OCC. The van der Waals surface area contributed by atoms with Crippen LogP contribution in [0.15, 0.2) is 33.9 Å². The number of carbonyl (C=O) groups excluding carboxylic acids is 2. The fourth-order valence-corrected chi connectivity index (χ4v) is 2.86. The second kappa shape index (κ2) is 8.78. The summed E-state index contributed by atoms with van der Waals surface area (Å²) in [5.74, 6) is -1.38. The Hall–Kier alpha value is -1.94. The molecule has 0 radical (unpaired) electrons. The first-order valence-electron chi connectivity index (χ1n) is 7.11. The van der Waals surface area contributed by atoms with E-state index in [0.717, 1.165) is 16.2 Å². The molecule has 0 saturated heterocycles. The minimum Gasteiger partial charge on any atom is -0.465 e. The van der Waals surface area contributed by atoms with Gasteiger partial charge in [-0.05, 0) is 48.5 Å². The highest BCUT2D eigenvalue weighted by Crippen LogP contribution is 2.25. The number of ether oxygens (including phenoxy) is 2. The van der Waals surface area contributed by atoms with Gasteiger partial charge in [0.05, 0.1) is 18.9 Å². The first-order chi connectivity index (χ1) is 11.6. The zero-order chi connectivity index (χ0) is 17.5. The van der Waals surface area contributed by atoms with Crippen LogP contribution in [0.25, 0.3) is 5.69 Å². The number of nitrogens with zero attached hydrogens (tertiary/aromatic N) is 4. The first-order valence-corrected chi connectivity index (χ1v) is 8.78. The van der Waals surface area contributed by atoms with Gasteiger partial charge in [0, 0.05) is 4.47 Å². The van der Waals surface area contributed by atoms with Crippen molar-refractivity contribution in [2.24, 2.45) is 0 Å². The summed E-state index contributed by atoms with van der Waals surface area (Å²) in [5.41, 5.74) is 0.692. The molecule has 0 saturated carbocycles. The third-order valence-corrected chi connectivity index (χ3v) is 4.35. The lowest BCUT2D eigenvalue weighted by Gasteiger charge is -2.13. The van der Waals surface area contributed by atoms with Crippen LogP contribution in [0, 0.1) is 0 Å². The average Bonchev–Trinajstić information content (AvgIpc) is 3.02. The Bertz CT molecular complexity index is 689. The third kappa shape index (κ3) is 4.54. The molecule has 0 aliphatic heterocycles. The third-order valence-electron chi connectivity index (χ3n) is 2.74. The Morgan fingerprint density at radius 1 is 1.17 bits per heavy atom.